The van der Waals surface area contributed by atoms with Crippen LogP contribution in [0.5, 0.6) is 0 Å². The van der Waals surface area contributed by atoms with E-state index in [1.807, 2.05) is 24.3 Å². The van der Waals surface area contributed by atoms with Crippen LogP contribution in [0.1, 0.15) is 31.1 Å². The lowest BCUT2D eigenvalue weighted by Gasteiger charge is -2.17. The minimum absolute atomic E-state index is 0.228. The van der Waals surface area contributed by atoms with E-state index in [0.717, 1.165) is 17.0 Å². The van der Waals surface area contributed by atoms with Crippen molar-refractivity contribution in [3.63, 3.8) is 0 Å². The van der Waals surface area contributed by atoms with Crippen molar-refractivity contribution in [2.75, 3.05) is 0 Å². The molecule has 1 heterocycles. The van der Waals surface area contributed by atoms with E-state index >= 15 is 0 Å². The van der Waals surface area contributed by atoms with Crippen molar-refractivity contribution < 1.29 is 14.3 Å². The first-order chi connectivity index (χ1) is 9.37. The number of para-hydroxylation sites is 1. The number of allylic oxidation sites excluding steroid dienone is 1. The Bertz CT molecular complexity index is 674. The summed E-state index contributed by atoms with van der Waals surface area (Å²) in [5.41, 5.74) is 0.868. The molecule has 0 atom stereocenters. The van der Waals surface area contributed by atoms with E-state index < -0.39 is 11.6 Å². The number of nitrogens with one attached hydrogen (secondary N) is 1. The molecule has 0 radical (unpaired) electrons. The maximum absolute atomic E-state index is 12.1. The number of benzene rings is 1. The molecule has 0 saturated heterocycles. The Morgan fingerprint density at radius 2 is 1.85 bits per heavy atom. The summed E-state index contributed by atoms with van der Waals surface area (Å²) in [6, 6.07) is 7.51. The van der Waals surface area contributed by atoms with Gasteiger partial charge in [-0.2, -0.15) is 0 Å². The molecule has 0 unspecified atom stereocenters. The molecule has 0 spiro atoms. The maximum atomic E-state index is 12.1. The molecular formula is C16H17NO3. The van der Waals surface area contributed by atoms with Gasteiger partial charge in [0.05, 0.1) is 0 Å². The second-order valence-electron chi connectivity index (χ2n) is 5.48. The molecule has 0 aliphatic rings. The SMILES string of the molecule is CC(C)(C)OC(=O)/C=C/C(=O)c1c[nH]c2ccccc12. The van der Waals surface area contributed by atoms with Gasteiger partial charge in [0.2, 0.25) is 0 Å². The fourth-order valence-corrected chi connectivity index (χ4v) is 1.84. The number of hydrogen-bond donors (Lipinski definition) is 1. The smallest absolute Gasteiger partial charge is 0.331 e. The van der Waals surface area contributed by atoms with Gasteiger partial charge in [-0.3, -0.25) is 4.79 Å². The number of ketones is 1. The van der Waals surface area contributed by atoms with Crippen LogP contribution in [-0.2, 0) is 9.53 Å². The largest absolute Gasteiger partial charge is 0.457 e. The highest BCUT2D eigenvalue weighted by Gasteiger charge is 2.15. The van der Waals surface area contributed by atoms with Crippen molar-refractivity contribution in [2.45, 2.75) is 26.4 Å². The van der Waals surface area contributed by atoms with Crippen LogP contribution in [-0.4, -0.2) is 22.3 Å². The Kier molecular flexibility index (Phi) is 3.74. The fourth-order valence-electron chi connectivity index (χ4n) is 1.84. The van der Waals surface area contributed by atoms with Crippen molar-refractivity contribution in [2.24, 2.45) is 0 Å². The molecule has 2 rings (SSSR count). The molecule has 0 fully saturated rings. The summed E-state index contributed by atoms with van der Waals surface area (Å²) in [4.78, 5) is 26.6. The van der Waals surface area contributed by atoms with Gasteiger partial charge in [-0.25, -0.2) is 4.79 Å². The molecule has 4 heteroatoms. The molecule has 104 valence electrons. The molecule has 0 aliphatic heterocycles. The highest BCUT2D eigenvalue weighted by molar-refractivity contribution is 6.14. The average molecular weight is 271 g/mol. The van der Waals surface area contributed by atoms with Gasteiger partial charge >= 0.3 is 5.97 Å². The highest BCUT2D eigenvalue weighted by Crippen LogP contribution is 2.18. The van der Waals surface area contributed by atoms with Crippen LogP contribution in [0.2, 0.25) is 0 Å². The van der Waals surface area contributed by atoms with Crippen molar-refractivity contribution in [1.82, 2.24) is 4.98 Å². The molecule has 2 aromatic rings. The van der Waals surface area contributed by atoms with Crippen LogP contribution < -0.4 is 0 Å². The van der Waals surface area contributed by atoms with E-state index in [1.165, 1.54) is 6.08 Å². The Morgan fingerprint density at radius 3 is 2.55 bits per heavy atom. The molecule has 0 aliphatic carbocycles. The van der Waals surface area contributed by atoms with E-state index in [1.54, 1.807) is 27.0 Å². The van der Waals surface area contributed by atoms with Gasteiger partial charge in [-0.15, -0.1) is 0 Å². The molecular weight excluding hydrogens is 254 g/mol. The standard InChI is InChI=1S/C16H17NO3/c1-16(2,3)20-15(19)9-8-14(18)12-10-17-13-7-5-4-6-11(12)13/h4-10,17H,1-3H3/b9-8+. The number of ether oxygens (including phenoxy) is 1. The van der Waals surface area contributed by atoms with Gasteiger partial charge in [0.15, 0.2) is 5.78 Å². The third-order valence-corrected chi connectivity index (χ3v) is 2.63. The molecule has 1 aromatic heterocycles. The lowest BCUT2D eigenvalue weighted by atomic mass is 10.1. The van der Waals surface area contributed by atoms with Gasteiger partial charge in [-0.05, 0) is 32.9 Å². The Hall–Kier alpha value is -2.36. The van der Waals surface area contributed by atoms with Gasteiger partial charge < -0.3 is 9.72 Å². The maximum Gasteiger partial charge on any atom is 0.331 e. The summed E-state index contributed by atoms with van der Waals surface area (Å²) in [7, 11) is 0. The molecule has 1 aromatic carbocycles. The van der Waals surface area contributed by atoms with E-state index in [-0.39, 0.29) is 5.78 Å². The summed E-state index contributed by atoms with van der Waals surface area (Å²) < 4.78 is 5.11. The van der Waals surface area contributed by atoms with Crippen LogP contribution in [0.4, 0.5) is 0 Å². The summed E-state index contributed by atoms with van der Waals surface area (Å²) in [6.07, 6.45) is 4.05. The Labute approximate surface area is 117 Å². The molecule has 0 amide bonds. The van der Waals surface area contributed by atoms with Gasteiger partial charge in [0.25, 0.3) is 0 Å². The van der Waals surface area contributed by atoms with Gasteiger partial charge in [-0.1, -0.05) is 18.2 Å². The third kappa shape index (κ3) is 3.35. The molecule has 0 saturated carbocycles. The van der Waals surface area contributed by atoms with Crippen molar-refractivity contribution in [1.29, 1.82) is 0 Å². The van der Waals surface area contributed by atoms with E-state index in [9.17, 15) is 9.59 Å². The molecule has 1 N–H and O–H groups in total. The average Bonchev–Trinajstić information content (AvgIpc) is 2.78. The van der Waals surface area contributed by atoms with Crippen LogP contribution in [0.15, 0.2) is 42.6 Å². The van der Waals surface area contributed by atoms with E-state index in [4.69, 9.17) is 4.74 Å². The monoisotopic (exact) mass is 271 g/mol. The number of esters is 1. The number of fused-ring (bicyclic) bond motifs is 1. The first-order valence-electron chi connectivity index (χ1n) is 6.38. The third-order valence-electron chi connectivity index (χ3n) is 2.63. The Morgan fingerprint density at radius 1 is 1.15 bits per heavy atom. The summed E-state index contributed by atoms with van der Waals surface area (Å²) in [6.45, 7) is 5.33. The quantitative estimate of drug-likeness (QED) is 0.529. The lowest BCUT2D eigenvalue weighted by Crippen LogP contribution is -2.22. The van der Waals surface area contributed by atoms with Crippen LogP contribution in [0, 0.1) is 0 Å². The zero-order valence-corrected chi connectivity index (χ0v) is 11.8. The van der Waals surface area contributed by atoms with Crippen LogP contribution in [0.25, 0.3) is 10.9 Å². The number of carbonyl (C=O) groups excluding carboxylic acids is 2. The van der Waals surface area contributed by atoms with Gasteiger partial charge in [0, 0.05) is 28.7 Å². The van der Waals surface area contributed by atoms with Crippen LogP contribution >= 0.6 is 0 Å². The molecule has 20 heavy (non-hydrogen) atoms. The lowest BCUT2D eigenvalue weighted by molar-refractivity contribution is -0.148. The van der Waals surface area contributed by atoms with E-state index in [0.29, 0.717) is 5.56 Å². The fraction of sp³-hybridized carbons (Fsp3) is 0.250. The number of hydrogen-bond acceptors (Lipinski definition) is 3. The summed E-state index contributed by atoms with van der Waals surface area (Å²) >= 11 is 0. The molecule has 4 nitrogen and oxygen atoms in total. The second kappa shape index (κ2) is 5.33. The normalized spacial score (nSPS) is 11.9. The summed E-state index contributed by atoms with van der Waals surface area (Å²) in [5.74, 6) is -0.751. The number of H-pyrrole nitrogens is 1. The number of carbonyl (C=O) groups is 2. The van der Waals surface area contributed by atoms with Crippen molar-refractivity contribution >= 4 is 22.7 Å². The highest BCUT2D eigenvalue weighted by atomic mass is 16.6. The zero-order valence-electron chi connectivity index (χ0n) is 11.8. The minimum atomic E-state index is -0.564. The number of aromatic amines is 1. The topological polar surface area (TPSA) is 59.2 Å². The Balaban J connectivity index is 2.14. The van der Waals surface area contributed by atoms with Crippen molar-refractivity contribution in [3.05, 3.63) is 48.2 Å². The number of aromatic nitrogens is 1. The van der Waals surface area contributed by atoms with Crippen molar-refractivity contribution in [3.8, 4) is 0 Å². The van der Waals surface area contributed by atoms with Crippen LogP contribution in [0.3, 0.4) is 0 Å². The molecule has 0 bridgehead atoms. The second-order valence-corrected chi connectivity index (χ2v) is 5.48. The minimum Gasteiger partial charge on any atom is -0.457 e. The number of rotatable bonds is 3. The first kappa shape index (κ1) is 14.1. The summed E-state index contributed by atoms with van der Waals surface area (Å²) in [5, 5.41) is 0.839. The first-order valence-corrected chi connectivity index (χ1v) is 6.38. The predicted octanol–water partition coefficient (Wildman–Crippen LogP) is 3.25. The van der Waals surface area contributed by atoms with Gasteiger partial charge in [0.1, 0.15) is 5.60 Å². The van der Waals surface area contributed by atoms with E-state index in [2.05, 4.69) is 4.98 Å². The predicted molar refractivity (Wildman–Crippen MR) is 77.6 cm³/mol. The zero-order chi connectivity index (χ0) is 14.8.